The lowest BCUT2D eigenvalue weighted by molar-refractivity contribution is -0.384. The summed E-state index contributed by atoms with van der Waals surface area (Å²) in [6.07, 6.45) is 1.64. The Bertz CT molecular complexity index is 610. The Morgan fingerprint density at radius 2 is 2.16 bits per heavy atom. The molecular weight excluding hydrogens is 312 g/mol. The maximum absolute atomic E-state index is 10.9. The molecule has 0 atom stereocenters. The molecule has 100 valence electrons. The topological polar surface area (TPSA) is 73.8 Å². The van der Waals surface area contributed by atoms with Gasteiger partial charge in [-0.05, 0) is 12.0 Å². The molecule has 0 aliphatic rings. The van der Waals surface area contributed by atoms with E-state index >= 15 is 0 Å². The van der Waals surface area contributed by atoms with Gasteiger partial charge >= 0.3 is 0 Å². The van der Waals surface area contributed by atoms with Gasteiger partial charge in [0.1, 0.15) is 6.33 Å². The van der Waals surface area contributed by atoms with Gasteiger partial charge in [0.2, 0.25) is 0 Å². The highest BCUT2D eigenvalue weighted by Crippen LogP contribution is 2.27. The summed E-state index contributed by atoms with van der Waals surface area (Å²) < 4.78 is 2.55. The van der Waals surface area contributed by atoms with Crippen molar-refractivity contribution in [2.75, 3.05) is 0 Å². The van der Waals surface area contributed by atoms with E-state index in [1.165, 1.54) is 12.1 Å². The van der Waals surface area contributed by atoms with Crippen molar-refractivity contribution >= 4 is 21.6 Å². The number of nitrogens with zero attached hydrogens (tertiary/aromatic N) is 4. The first kappa shape index (κ1) is 13.7. The third-order valence-corrected chi connectivity index (χ3v) is 2.99. The largest absolute Gasteiger partial charge is 0.313 e. The number of rotatable bonds is 4. The summed E-state index contributed by atoms with van der Waals surface area (Å²) in [6.45, 7) is 4.95. The molecule has 0 saturated heterocycles. The van der Waals surface area contributed by atoms with Gasteiger partial charge < -0.3 is 4.57 Å². The van der Waals surface area contributed by atoms with Gasteiger partial charge in [0, 0.05) is 28.7 Å². The lowest BCUT2D eigenvalue weighted by Crippen LogP contribution is -2.05. The number of non-ortho nitro benzene ring substituents is 1. The van der Waals surface area contributed by atoms with E-state index in [0.29, 0.717) is 21.8 Å². The second-order valence-corrected chi connectivity index (χ2v) is 5.57. The Morgan fingerprint density at radius 1 is 1.42 bits per heavy atom. The quantitative estimate of drug-likeness (QED) is 0.639. The minimum Gasteiger partial charge on any atom is -0.313 e. The molecule has 1 aromatic heterocycles. The van der Waals surface area contributed by atoms with Crippen LogP contribution in [0.15, 0.2) is 29.0 Å². The van der Waals surface area contributed by atoms with E-state index in [4.69, 9.17) is 0 Å². The van der Waals surface area contributed by atoms with Gasteiger partial charge in [-0.2, -0.15) is 0 Å². The number of hydrogen-bond acceptors (Lipinski definition) is 4. The van der Waals surface area contributed by atoms with Crippen LogP contribution in [-0.2, 0) is 6.54 Å². The minimum absolute atomic E-state index is 0.0310. The molecule has 1 aromatic carbocycles. The molecule has 0 N–H and O–H groups in total. The van der Waals surface area contributed by atoms with Gasteiger partial charge in [0.05, 0.1) is 4.92 Å². The van der Waals surface area contributed by atoms with Crippen molar-refractivity contribution in [2.45, 2.75) is 20.4 Å². The van der Waals surface area contributed by atoms with Crippen molar-refractivity contribution in [3.63, 3.8) is 0 Å². The summed E-state index contributed by atoms with van der Waals surface area (Å²) in [5.41, 5.74) is 0.711. The van der Waals surface area contributed by atoms with Crippen LogP contribution < -0.4 is 0 Å². The van der Waals surface area contributed by atoms with E-state index in [0.717, 1.165) is 6.54 Å². The second-order valence-electron chi connectivity index (χ2n) is 4.66. The standard InChI is InChI=1S/C12H13BrN4O2/c1-8(2)6-16-7-14-15-12(16)9-3-10(13)5-11(4-9)17(18)19/h3-5,7-8H,6H2,1-2H3. The number of nitro groups is 1. The molecule has 0 aliphatic heterocycles. The third-order valence-electron chi connectivity index (χ3n) is 2.53. The molecule has 0 saturated carbocycles. The van der Waals surface area contributed by atoms with Crippen molar-refractivity contribution < 1.29 is 4.92 Å². The summed E-state index contributed by atoms with van der Waals surface area (Å²) >= 11 is 3.28. The van der Waals surface area contributed by atoms with Crippen LogP contribution in [0.3, 0.4) is 0 Å². The van der Waals surface area contributed by atoms with Crippen molar-refractivity contribution in [2.24, 2.45) is 5.92 Å². The van der Waals surface area contributed by atoms with Gasteiger partial charge in [-0.25, -0.2) is 0 Å². The lowest BCUT2D eigenvalue weighted by Gasteiger charge is -2.09. The maximum Gasteiger partial charge on any atom is 0.271 e. The Kier molecular flexibility index (Phi) is 3.94. The van der Waals surface area contributed by atoms with Crippen LogP contribution in [0.1, 0.15) is 13.8 Å². The number of hydrogen-bond donors (Lipinski definition) is 0. The van der Waals surface area contributed by atoms with Crippen LogP contribution in [0, 0.1) is 16.0 Å². The van der Waals surface area contributed by atoms with Crippen LogP contribution >= 0.6 is 15.9 Å². The third kappa shape index (κ3) is 3.17. The summed E-state index contributed by atoms with van der Waals surface area (Å²) in [5.74, 6) is 1.08. The Labute approximate surface area is 118 Å². The van der Waals surface area contributed by atoms with E-state index in [1.807, 2.05) is 4.57 Å². The molecule has 0 spiro atoms. The second kappa shape index (κ2) is 5.48. The Hall–Kier alpha value is -1.76. The molecule has 2 rings (SSSR count). The predicted molar refractivity (Wildman–Crippen MR) is 74.7 cm³/mol. The number of aromatic nitrogens is 3. The van der Waals surface area contributed by atoms with Crippen molar-refractivity contribution in [3.05, 3.63) is 39.1 Å². The first-order valence-corrected chi connectivity index (χ1v) is 6.60. The Morgan fingerprint density at radius 3 is 2.79 bits per heavy atom. The van der Waals surface area contributed by atoms with E-state index in [1.54, 1.807) is 12.4 Å². The van der Waals surface area contributed by atoms with Crippen molar-refractivity contribution in [1.29, 1.82) is 0 Å². The summed E-state index contributed by atoms with van der Waals surface area (Å²) in [4.78, 5) is 10.5. The number of nitro benzene ring substituents is 1. The highest BCUT2D eigenvalue weighted by Gasteiger charge is 2.14. The first-order chi connectivity index (χ1) is 8.97. The molecule has 0 amide bonds. The summed E-state index contributed by atoms with van der Waals surface area (Å²) in [5, 5.41) is 18.8. The zero-order valence-corrected chi connectivity index (χ0v) is 12.2. The van der Waals surface area contributed by atoms with E-state index in [9.17, 15) is 10.1 Å². The Balaban J connectivity index is 2.47. The monoisotopic (exact) mass is 324 g/mol. The van der Waals surface area contributed by atoms with Crippen LogP contribution in [0.4, 0.5) is 5.69 Å². The molecule has 1 heterocycles. The minimum atomic E-state index is -0.419. The normalized spacial score (nSPS) is 10.9. The lowest BCUT2D eigenvalue weighted by atomic mass is 10.1. The summed E-state index contributed by atoms with van der Waals surface area (Å²) in [7, 11) is 0. The molecular formula is C12H13BrN4O2. The molecule has 0 bridgehead atoms. The SMILES string of the molecule is CC(C)Cn1cnnc1-c1cc(Br)cc([N+](=O)[O-])c1. The first-order valence-electron chi connectivity index (χ1n) is 5.80. The molecule has 0 unspecified atom stereocenters. The number of halogens is 1. The summed E-state index contributed by atoms with van der Waals surface area (Å²) in [6, 6.07) is 4.77. The van der Waals surface area contributed by atoms with Gasteiger partial charge in [-0.1, -0.05) is 29.8 Å². The molecule has 19 heavy (non-hydrogen) atoms. The number of benzene rings is 1. The molecule has 2 aromatic rings. The molecule has 0 fully saturated rings. The van der Waals surface area contributed by atoms with Crippen LogP contribution in [-0.4, -0.2) is 19.7 Å². The van der Waals surface area contributed by atoms with Gasteiger partial charge in [0.15, 0.2) is 5.82 Å². The van der Waals surface area contributed by atoms with Crippen molar-refractivity contribution in [1.82, 2.24) is 14.8 Å². The molecule has 0 aliphatic carbocycles. The van der Waals surface area contributed by atoms with Gasteiger partial charge in [-0.15, -0.1) is 10.2 Å². The van der Waals surface area contributed by atoms with Gasteiger partial charge in [0.25, 0.3) is 5.69 Å². The highest BCUT2D eigenvalue weighted by molar-refractivity contribution is 9.10. The van der Waals surface area contributed by atoms with Crippen LogP contribution in [0.25, 0.3) is 11.4 Å². The zero-order valence-electron chi connectivity index (χ0n) is 10.6. The van der Waals surface area contributed by atoms with Crippen LogP contribution in [0.5, 0.6) is 0 Å². The fourth-order valence-corrected chi connectivity index (χ4v) is 2.30. The molecule has 0 radical (unpaired) electrons. The predicted octanol–water partition coefficient (Wildman–Crippen LogP) is 3.27. The average Bonchev–Trinajstić information content (AvgIpc) is 2.75. The van der Waals surface area contributed by atoms with Gasteiger partial charge in [-0.3, -0.25) is 10.1 Å². The zero-order chi connectivity index (χ0) is 14.0. The fourth-order valence-electron chi connectivity index (χ4n) is 1.81. The highest BCUT2D eigenvalue weighted by atomic mass is 79.9. The van der Waals surface area contributed by atoms with E-state index in [2.05, 4.69) is 40.0 Å². The van der Waals surface area contributed by atoms with E-state index < -0.39 is 4.92 Å². The fraction of sp³-hybridized carbons (Fsp3) is 0.333. The molecule has 7 heteroatoms. The van der Waals surface area contributed by atoms with E-state index in [-0.39, 0.29) is 5.69 Å². The van der Waals surface area contributed by atoms with Crippen molar-refractivity contribution in [3.8, 4) is 11.4 Å². The molecule has 6 nitrogen and oxygen atoms in total. The maximum atomic E-state index is 10.9. The average molecular weight is 325 g/mol. The smallest absolute Gasteiger partial charge is 0.271 e. The van der Waals surface area contributed by atoms with Crippen LogP contribution in [0.2, 0.25) is 0 Å².